The molecule has 0 spiro atoms. The average molecular weight is 463 g/mol. The quantitative estimate of drug-likeness (QED) is 0.474. The molecule has 33 heavy (non-hydrogen) atoms. The first-order valence-corrected chi connectivity index (χ1v) is 10.8. The number of nitrogens with zero attached hydrogens (tertiary/aromatic N) is 2. The summed E-state index contributed by atoms with van der Waals surface area (Å²) in [6.45, 7) is 1.81. The number of halogens is 2. The molecule has 0 aliphatic carbocycles. The number of aromatic nitrogens is 2. The van der Waals surface area contributed by atoms with Gasteiger partial charge in [-0.2, -0.15) is 0 Å². The van der Waals surface area contributed by atoms with E-state index in [0.717, 1.165) is 5.56 Å². The highest BCUT2D eigenvalue weighted by molar-refractivity contribution is 6.32. The molecule has 0 saturated heterocycles. The zero-order valence-electron chi connectivity index (χ0n) is 17.9. The van der Waals surface area contributed by atoms with Gasteiger partial charge < -0.3 is 10.3 Å². The van der Waals surface area contributed by atoms with Crippen LogP contribution in [0.1, 0.15) is 22.3 Å². The molecule has 1 aromatic heterocycles. The van der Waals surface area contributed by atoms with Crippen LogP contribution < -0.4 is 11.0 Å². The minimum Gasteiger partial charge on any atom is -0.324 e. The molecule has 5 rings (SSSR count). The van der Waals surface area contributed by atoms with Crippen LogP contribution >= 0.6 is 11.6 Å². The van der Waals surface area contributed by atoms with Crippen molar-refractivity contribution < 1.29 is 9.18 Å². The zero-order chi connectivity index (χ0) is 23.3. The molecule has 0 fully saturated rings. The average Bonchev–Trinajstić information content (AvgIpc) is 2.98. The maximum Gasteiger partial charge on any atom is 0.326 e. The summed E-state index contributed by atoms with van der Waals surface area (Å²) in [6.07, 6.45) is 0.105. The number of fused-ring (bicyclic) bond motifs is 2. The van der Waals surface area contributed by atoms with Gasteiger partial charge in [0, 0.05) is 29.6 Å². The van der Waals surface area contributed by atoms with Gasteiger partial charge in [-0.05, 0) is 54.4 Å². The fourth-order valence-corrected chi connectivity index (χ4v) is 4.26. The number of nitrogens with one attached hydrogen (secondary N) is 2. The number of benzodiazepines with no additional fused rings is 1. The number of hydrogen-bond donors (Lipinski definition) is 2. The molecule has 1 atom stereocenters. The Hall–Kier alpha value is -3.71. The normalized spacial score (nSPS) is 15.7. The first-order chi connectivity index (χ1) is 15.8. The van der Waals surface area contributed by atoms with Gasteiger partial charge >= 0.3 is 5.69 Å². The van der Waals surface area contributed by atoms with E-state index >= 15 is 0 Å². The highest BCUT2D eigenvalue weighted by Crippen LogP contribution is 2.29. The van der Waals surface area contributed by atoms with Gasteiger partial charge in [0.25, 0.3) is 0 Å². The standard InChI is InChI=1S/C25H20ClFN4O2/c1-13-3-4-14(18(27)9-13)10-21-24(32)29-19-8-6-16(26)12-17(19)23(28-21)15-5-7-20-22(11-15)31(2)25(33)30-20/h3-9,11-12,21H,10H2,1-2H3,(H,29,32)(H,30,33). The molecular formula is C25H20ClFN4O2. The van der Waals surface area contributed by atoms with Crippen molar-refractivity contribution in [2.45, 2.75) is 19.4 Å². The van der Waals surface area contributed by atoms with E-state index in [0.29, 0.717) is 44.1 Å². The van der Waals surface area contributed by atoms with Crippen LogP contribution in [0, 0.1) is 12.7 Å². The van der Waals surface area contributed by atoms with E-state index in [-0.39, 0.29) is 23.8 Å². The van der Waals surface area contributed by atoms with Crippen LogP contribution in [0.25, 0.3) is 11.0 Å². The topological polar surface area (TPSA) is 79.2 Å². The SMILES string of the molecule is Cc1ccc(CC2N=C(c3ccc4[nH]c(=O)n(C)c4c3)c3cc(Cl)ccc3NC2=O)c(F)c1. The predicted molar refractivity (Wildman–Crippen MR) is 128 cm³/mol. The number of aromatic amines is 1. The van der Waals surface area contributed by atoms with Crippen LogP contribution in [-0.2, 0) is 18.3 Å². The molecule has 6 nitrogen and oxygen atoms in total. The molecule has 1 aliphatic heterocycles. The third-order valence-corrected chi connectivity index (χ3v) is 6.12. The molecule has 2 heterocycles. The van der Waals surface area contributed by atoms with E-state index in [1.54, 1.807) is 37.4 Å². The molecule has 0 saturated carbocycles. The number of carbonyl (C=O) groups excluding carboxylic acids is 1. The van der Waals surface area contributed by atoms with Crippen molar-refractivity contribution in [2.75, 3.05) is 5.32 Å². The van der Waals surface area contributed by atoms with Gasteiger partial charge in [-0.25, -0.2) is 9.18 Å². The van der Waals surface area contributed by atoms with Gasteiger partial charge in [-0.1, -0.05) is 29.8 Å². The number of H-pyrrole nitrogens is 1. The number of hydrogen-bond acceptors (Lipinski definition) is 3. The number of benzene rings is 3. The first-order valence-electron chi connectivity index (χ1n) is 10.4. The Morgan fingerprint density at radius 1 is 1.09 bits per heavy atom. The Bertz CT molecular complexity index is 1520. The lowest BCUT2D eigenvalue weighted by atomic mass is 9.99. The Kier molecular flexibility index (Phi) is 5.13. The van der Waals surface area contributed by atoms with Crippen LogP contribution in [0.4, 0.5) is 10.1 Å². The van der Waals surface area contributed by atoms with Crippen LogP contribution in [0.2, 0.25) is 5.02 Å². The van der Waals surface area contributed by atoms with Crippen molar-refractivity contribution in [3.63, 3.8) is 0 Å². The van der Waals surface area contributed by atoms with Gasteiger partial charge in [-0.15, -0.1) is 0 Å². The Balaban J connectivity index is 1.68. The van der Waals surface area contributed by atoms with Crippen LogP contribution in [-0.4, -0.2) is 27.2 Å². The molecule has 0 bridgehead atoms. The highest BCUT2D eigenvalue weighted by atomic mass is 35.5. The molecule has 3 aromatic carbocycles. The van der Waals surface area contributed by atoms with Gasteiger partial charge in [0.05, 0.1) is 22.4 Å². The van der Waals surface area contributed by atoms with Crippen molar-refractivity contribution in [2.24, 2.45) is 12.0 Å². The summed E-state index contributed by atoms with van der Waals surface area (Å²) in [5.41, 5.74) is 4.87. The molecule has 1 aliphatic rings. The molecule has 2 N–H and O–H groups in total. The summed E-state index contributed by atoms with van der Waals surface area (Å²) in [5, 5.41) is 3.40. The molecule has 0 radical (unpaired) electrons. The van der Waals surface area contributed by atoms with E-state index in [4.69, 9.17) is 16.6 Å². The largest absolute Gasteiger partial charge is 0.326 e. The summed E-state index contributed by atoms with van der Waals surface area (Å²) < 4.78 is 16.1. The maximum absolute atomic E-state index is 14.6. The molecular weight excluding hydrogens is 443 g/mol. The summed E-state index contributed by atoms with van der Waals surface area (Å²) >= 11 is 6.28. The van der Waals surface area contributed by atoms with Crippen molar-refractivity contribution in [1.29, 1.82) is 0 Å². The van der Waals surface area contributed by atoms with Crippen LogP contribution in [0.15, 0.2) is 64.4 Å². The number of carbonyl (C=O) groups is 1. The van der Waals surface area contributed by atoms with E-state index in [9.17, 15) is 14.0 Å². The highest BCUT2D eigenvalue weighted by Gasteiger charge is 2.27. The second-order valence-electron chi connectivity index (χ2n) is 8.19. The fourth-order valence-electron chi connectivity index (χ4n) is 4.09. The second-order valence-corrected chi connectivity index (χ2v) is 8.63. The number of aliphatic imine (C=N–C) groups is 1. The Morgan fingerprint density at radius 3 is 2.70 bits per heavy atom. The Labute approximate surface area is 193 Å². The Morgan fingerprint density at radius 2 is 1.91 bits per heavy atom. The molecule has 8 heteroatoms. The smallest absolute Gasteiger partial charge is 0.324 e. The predicted octanol–water partition coefficient (Wildman–Crippen LogP) is 4.37. The monoisotopic (exact) mass is 462 g/mol. The van der Waals surface area contributed by atoms with Crippen molar-refractivity contribution >= 4 is 39.9 Å². The van der Waals surface area contributed by atoms with Gasteiger partial charge in [0.15, 0.2) is 0 Å². The van der Waals surface area contributed by atoms with Crippen molar-refractivity contribution in [1.82, 2.24) is 9.55 Å². The second kappa shape index (κ2) is 8.01. The summed E-state index contributed by atoms with van der Waals surface area (Å²) in [5.74, 6) is -0.697. The van der Waals surface area contributed by atoms with Crippen LogP contribution in [0.3, 0.4) is 0 Å². The number of rotatable bonds is 3. The van der Waals surface area contributed by atoms with E-state index in [2.05, 4.69) is 10.3 Å². The lowest BCUT2D eigenvalue weighted by Gasteiger charge is -2.12. The molecule has 1 amide bonds. The number of imidazole rings is 1. The molecule has 4 aromatic rings. The van der Waals surface area contributed by atoms with Gasteiger partial charge in [-0.3, -0.25) is 14.4 Å². The summed E-state index contributed by atoms with van der Waals surface area (Å²) in [4.78, 5) is 32.7. The lowest BCUT2D eigenvalue weighted by Crippen LogP contribution is -2.28. The summed E-state index contributed by atoms with van der Waals surface area (Å²) in [7, 11) is 1.68. The van der Waals surface area contributed by atoms with Crippen LogP contribution in [0.5, 0.6) is 0 Å². The van der Waals surface area contributed by atoms with E-state index in [1.807, 2.05) is 25.1 Å². The van der Waals surface area contributed by atoms with E-state index < -0.39 is 6.04 Å². The third-order valence-electron chi connectivity index (χ3n) is 5.88. The number of anilines is 1. The fraction of sp³-hybridized carbons (Fsp3) is 0.160. The third kappa shape index (κ3) is 3.85. The minimum atomic E-state index is -0.853. The summed E-state index contributed by atoms with van der Waals surface area (Å²) in [6, 6.07) is 14.7. The molecule has 166 valence electrons. The van der Waals surface area contributed by atoms with E-state index in [1.165, 1.54) is 10.6 Å². The van der Waals surface area contributed by atoms with Crippen molar-refractivity contribution in [3.8, 4) is 0 Å². The molecule has 1 unspecified atom stereocenters. The minimum absolute atomic E-state index is 0.105. The zero-order valence-corrected chi connectivity index (χ0v) is 18.7. The number of aryl methyl sites for hydroxylation is 2. The maximum atomic E-state index is 14.6. The van der Waals surface area contributed by atoms with Gasteiger partial charge in [0.2, 0.25) is 5.91 Å². The first kappa shape index (κ1) is 21.2. The van der Waals surface area contributed by atoms with Crippen molar-refractivity contribution in [3.05, 3.63) is 98.2 Å². The van der Waals surface area contributed by atoms with Gasteiger partial charge in [0.1, 0.15) is 11.9 Å². The number of amides is 1. The lowest BCUT2D eigenvalue weighted by molar-refractivity contribution is -0.117.